The predicted molar refractivity (Wildman–Crippen MR) is 65.2 cm³/mol. The lowest BCUT2D eigenvalue weighted by atomic mass is 10.1. The van der Waals surface area contributed by atoms with Crippen LogP contribution in [0, 0.1) is 6.92 Å². The van der Waals surface area contributed by atoms with Crippen molar-refractivity contribution in [3.8, 4) is 0 Å². The minimum atomic E-state index is 0.914. The second-order valence-corrected chi connectivity index (χ2v) is 3.96. The highest BCUT2D eigenvalue weighted by atomic mass is 14.9. The van der Waals surface area contributed by atoms with Crippen LogP contribution in [0.25, 0.3) is 10.9 Å². The molecule has 1 aromatic heterocycles. The molecule has 0 spiro atoms. The minimum absolute atomic E-state index is 0.914. The van der Waals surface area contributed by atoms with E-state index in [-0.39, 0.29) is 0 Å². The number of rotatable bonds is 3. The largest absolute Gasteiger partial charge is 0.357 e. The molecule has 0 radical (unpaired) electrons. The maximum Gasteiger partial charge on any atom is 0.0489 e. The molecular formula is C13H18N2. The Kier molecular flexibility index (Phi) is 2.78. The number of para-hydroxylation sites is 1. The molecule has 0 atom stereocenters. The monoisotopic (exact) mass is 202 g/mol. The summed E-state index contributed by atoms with van der Waals surface area (Å²) in [5.74, 6) is 0. The SMILES string of the molecule is CCc1c(CNC)[nH]c2c(C)cccc12. The summed E-state index contributed by atoms with van der Waals surface area (Å²) in [5, 5.41) is 4.59. The van der Waals surface area contributed by atoms with Gasteiger partial charge in [-0.2, -0.15) is 0 Å². The molecule has 2 N–H and O–H groups in total. The van der Waals surface area contributed by atoms with E-state index < -0.39 is 0 Å². The van der Waals surface area contributed by atoms with Gasteiger partial charge in [0, 0.05) is 23.1 Å². The maximum absolute atomic E-state index is 3.52. The molecule has 2 aromatic rings. The number of aromatic amines is 1. The molecule has 15 heavy (non-hydrogen) atoms. The first-order valence-corrected chi connectivity index (χ1v) is 5.51. The van der Waals surface area contributed by atoms with Gasteiger partial charge in [0.25, 0.3) is 0 Å². The highest BCUT2D eigenvalue weighted by Gasteiger charge is 2.09. The number of aromatic nitrogens is 1. The van der Waals surface area contributed by atoms with E-state index >= 15 is 0 Å². The fraction of sp³-hybridized carbons (Fsp3) is 0.385. The van der Waals surface area contributed by atoms with Gasteiger partial charge in [-0.1, -0.05) is 25.1 Å². The van der Waals surface area contributed by atoms with E-state index in [2.05, 4.69) is 42.3 Å². The van der Waals surface area contributed by atoms with Crippen LogP contribution in [-0.4, -0.2) is 12.0 Å². The van der Waals surface area contributed by atoms with Crippen molar-refractivity contribution < 1.29 is 0 Å². The number of nitrogens with one attached hydrogen (secondary N) is 2. The molecule has 0 amide bonds. The van der Waals surface area contributed by atoms with Gasteiger partial charge in [-0.15, -0.1) is 0 Å². The summed E-state index contributed by atoms with van der Waals surface area (Å²) in [5.41, 5.74) is 5.39. The molecule has 0 unspecified atom stereocenters. The molecule has 2 heteroatoms. The molecule has 0 bridgehead atoms. The van der Waals surface area contributed by atoms with Crippen LogP contribution in [0.1, 0.15) is 23.7 Å². The Morgan fingerprint density at radius 1 is 1.33 bits per heavy atom. The number of aryl methyl sites for hydroxylation is 2. The third-order valence-electron chi connectivity index (χ3n) is 2.95. The van der Waals surface area contributed by atoms with E-state index in [9.17, 15) is 0 Å². The third kappa shape index (κ3) is 1.65. The summed E-state index contributed by atoms with van der Waals surface area (Å²) in [6, 6.07) is 6.49. The molecule has 0 saturated heterocycles. The zero-order chi connectivity index (χ0) is 10.8. The Balaban J connectivity index is 2.67. The molecule has 0 aliphatic rings. The van der Waals surface area contributed by atoms with Crippen molar-refractivity contribution in [3.63, 3.8) is 0 Å². The fourth-order valence-electron chi connectivity index (χ4n) is 2.21. The van der Waals surface area contributed by atoms with Gasteiger partial charge in [-0.25, -0.2) is 0 Å². The second kappa shape index (κ2) is 4.07. The van der Waals surface area contributed by atoms with E-state index in [1.807, 2.05) is 7.05 Å². The van der Waals surface area contributed by atoms with Crippen LogP contribution in [-0.2, 0) is 13.0 Å². The number of H-pyrrole nitrogens is 1. The van der Waals surface area contributed by atoms with Crippen LogP contribution < -0.4 is 5.32 Å². The average Bonchev–Trinajstić information content (AvgIpc) is 2.58. The lowest BCUT2D eigenvalue weighted by Crippen LogP contribution is -2.07. The van der Waals surface area contributed by atoms with Crippen LogP contribution in [0.5, 0.6) is 0 Å². The van der Waals surface area contributed by atoms with Gasteiger partial charge < -0.3 is 10.3 Å². The van der Waals surface area contributed by atoms with Crippen LogP contribution in [0.2, 0.25) is 0 Å². The first-order chi connectivity index (χ1) is 7.27. The molecule has 80 valence electrons. The fourth-order valence-corrected chi connectivity index (χ4v) is 2.21. The van der Waals surface area contributed by atoms with Crippen molar-refractivity contribution in [2.45, 2.75) is 26.8 Å². The average molecular weight is 202 g/mol. The van der Waals surface area contributed by atoms with Crippen molar-refractivity contribution in [2.75, 3.05) is 7.05 Å². The lowest BCUT2D eigenvalue weighted by molar-refractivity contribution is 0.788. The molecule has 0 aliphatic heterocycles. The van der Waals surface area contributed by atoms with Crippen LogP contribution in [0.15, 0.2) is 18.2 Å². The number of fused-ring (bicyclic) bond motifs is 1. The van der Waals surface area contributed by atoms with Crippen molar-refractivity contribution in [3.05, 3.63) is 35.0 Å². The molecule has 0 aliphatic carbocycles. The number of benzene rings is 1. The first-order valence-electron chi connectivity index (χ1n) is 5.51. The Hall–Kier alpha value is -1.28. The zero-order valence-corrected chi connectivity index (χ0v) is 9.65. The molecule has 2 rings (SSSR count). The van der Waals surface area contributed by atoms with Gasteiger partial charge in [-0.05, 0) is 31.5 Å². The van der Waals surface area contributed by atoms with Gasteiger partial charge in [0.15, 0.2) is 0 Å². The van der Waals surface area contributed by atoms with Gasteiger partial charge in [0.1, 0.15) is 0 Å². The van der Waals surface area contributed by atoms with Crippen LogP contribution in [0.3, 0.4) is 0 Å². The van der Waals surface area contributed by atoms with Gasteiger partial charge >= 0.3 is 0 Å². The summed E-state index contributed by atoms with van der Waals surface area (Å²) >= 11 is 0. The third-order valence-corrected chi connectivity index (χ3v) is 2.95. The quantitative estimate of drug-likeness (QED) is 0.787. The second-order valence-electron chi connectivity index (χ2n) is 3.96. The van der Waals surface area contributed by atoms with Gasteiger partial charge in [-0.3, -0.25) is 0 Å². The van der Waals surface area contributed by atoms with Crippen LogP contribution >= 0.6 is 0 Å². The molecule has 0 saturated carbocycles. The van der Waals surface area contributed by atoms with Crippen LogP contribution in [0.4, 0.5) is 0 Å². The Labute approximate surface area is 90.7 Å². The smallest absolute Gasteiger partial charge is 0.0489 e. The minimum Gasteiger partial charge on any atom is -0.357 e. The topological polar surface area (TPSA) is 27.8 Å². The van der Waals surface area contributed by atoms with E-state index in [0.29, 0.717) is 0 Å². The Bertz CT molecular complexity index is 469. The molecular weight excluding hydrogens is 184 g/mol. The van der Waals surface area contributed by atoms with Crippen molar-refractivity contribution in [1.82, 2.24) is 10.3 Å². The zero-order valence-electron chi connectivity index (χ0n) is 9.65. The van der Waals surface area contributed by atoms with Gasteiger partial charge in [0.05, 0.1) is 0 Å². The number of hydrogen-bond donors (Lipinski definition) is 2. The van der Waals surface area contributed by atoms with E-state index in [0.717, 1.165) is 13.0 Å². The Morgan fingerprint density at radius 3 is 2.80 bits per heavy atom. The normalized spacial score (nSPS) is 11.1. The predicted octanol–water partition coefficient (Wildman–Crippen LogP) is 2.76. The molecule has 0 fully saturated rings. The van der Waals surface area contributed by atoms with E-state index in [4.69, 9.17) is 0 Å². The summed E-state index contributed by atoms with van der Waals surface area (Å²) < 4.78 is 0. The van der Waals surface area contributed by atoms with E-state index in [1.165, 1.54) is 27.7 Å². The molecule has 1 heterocycles. The summed E-state index contributed by atoms with van der Waals surface area (Å²) in [7, 11) is 1.98. The summed E-state index contributed by atoms with van der Waals surface area (Å²) in [4.78, 5) is 3.52. The van der Waals surface area contributed by atoms with Crippen molar-refractivity contribution in [2.24, 2.45) is 0 Å². The summed E-state index contributed by atoms with van der Waals surface area (Å²) in [6.07, 6.45) is 1.08. The Morgan fingerprint density at radius 2 is 2.13 bits per heavy atom. The van der Waals surface area contributed by atoms with Crippen molar-refractivity contribution in [1.29, 1.82) is 0 Å². The standard InChI is InChI=1S/C13H18N2/c1-4-10-11-7-5-6-9(2)13(11)15-12(10)8-14-3/h5-7,14-15H,4,8H2,1-3H3. The van der Waals surface area contributed by atoms with Crippen molar-refractivity contribution >= 4 is 10.9 Å². The molecule has 2 nitrogen and oxygen atoms in total. The highest BCUT2D eigenvalue weighted by Crippen LogP contribution is 2.25. The van der Waals surface area contributed by atoms with E-state index in [1.54, 1.807) is 0 Å². The first kappa shape index (κ1) is 10.2. The summed E-state index contributed by atoms with van der Waals surface area (Å²) in [6.45, 7) is 5.28. The number of hydrogen-bond acceptors (Lipinski definition) is 1. The lowest BCUT2D eigenvalue weighted by Gasteiger charge is -2.00. The molecule has 1 aromatic carbocycles. The van der Waals surface area contributed by atoms with Gasteiger partial charge in [0.2, 0.25) is 0 Å². The maximum atomic E-state index is 3.52. The highest BCUT2D eigenvalue weighted by molar-refractivity contribution is 5.87.